The lowest BCUT2D eigenvalue weighted by Crippen LogP contribution is -2.15. The number of aliphatic hydroxyl groups excluding tert-OH is 1. The van der Waals surface area contributed by atoms with E-state index in [-0.39, 0.29) is 6.61 Å². The third-order valence-electron chi connectivity index (χ3n) is 3.55. The lowest BCUT2D eigenvalue weighted by Gasteiger charge is -2.19. The molecule has 0 radical (unpaired) electrons. The topological polar surface area (TPSA) is 36.4 Å². The van der Waals surface area contributed by atoms with Gasteiger partial charge in [0.2, 0.25) is 0 Å². The normalized spacial score (nSPS) is 12.4. The monoisotopic (exact) mass is 290 g/mol. The molecule has 0 fully saturated rings. The molecule has 2 rings (SSSR count). The number of anilines is 2. The van der Waals surface area contributed by atoms with Gasteiger partial charge in [0.1, 0.15) is 0 Å². The van der Waals surface area contributed by atoms with Crippen LogP contribution < -0.4 is 4.90 Å². The van der Waals surface area contributed by atoms with Crippen LogP contribution in [-0.4, -0.2) is 16.6 Å². The molecule has 1 aromatic carbocycles. The summed E-state index contributed by atoms with van der Waals surface area (Å²) in [5.41, 5.74) is 2.19. The van der Waals surface area contributed by atoms with Crippen LogP contribution in [0.5, 0.6) is 0 Å². The molecule has 108 valence electrons. The molecule has 1 unspecified atom stereocenters. The highest BCUT2D eigenvalue weighted by molar-refractivity contribution is 7.15. The molecule has 2 aromatic rings. The van der Waals surface area contributed by atoms with Gasteiger partial charge in [-0.15, -0.1) is 0 Å². The van der Waals surface area contributed by atoms with Crippen molar-refractivity contribution in [1.82, 2.24) is 4.98 Å². The van der Waals surface area contributed by atoms with Gasteiger partial charge >= 0.3 is 0 Å². The Bertz CT molecular complexity index is 539. The highest BCUT2D eigenvalue weighted by Crippen LogP contribution is 2.35. The fourth-order valence-corrected chi connectivity index (χ4v) is 3.32. The van der Waals surface area contributed by atoms with Crippen LogP contribution in [0.4, 0.5) is 10.8 Å². The standard InChI is InChI=1S/C16H22N2OS/c1-4-12(3)15-14(11-19)20-16(17-15)18(5-2)13-9-7-6-8-10-13/h6-10,12,19H,4-5,11H2,1-3H3. The Balaban J connectivity index is 2.38. The van der Waals surface area contributed by atoms with E-state index in [1.54, 1.807) is 11.3 Å². The molecule has 0 amide bonds. The quantitative estimate of drug-likeness (QED) is 0.861. The first-order valence-electron chi connectivity index (χ1n) is 7.14. The zero-order chi connectivity index (χ0) is 14.5. The number of benzene rings is 1. The Labute approximate surface area is 124 Å². The average Bonchev–Trinajstić information content (AvgIpc) is 2.92. The van der Waals surface area contributed by atoms with Crippen LogP contribution in [-0.2, 0) is 6.61 Å². The predicted molar refractivity (Wildman–Crippen MR) is 85.9 cm³/mol. The van der Waals surface area contributed by atoms with E-state index in [1.807, 2.05) is 18.2 Å². The number of hydrogen-bond donors (Lipinski definition) is 1. The van der Waals surface area contributed by atoms with Crippen LogP contribution in [0, 0.1) is 0 Å². The van der Waals surface area contributed by atoms with Crippen molar-refractivity contribution in [3.05, 3.63) is 40.9 Å². The number of thiazole rings is 1. The Kier molecular flexibility index (Phi) is 5.15. The van der Waals surface area contributed by atoms with Crippen LogP contribution in [0.1, 0.15) is 43.7 Å². The van der Waals surface area contributed by atoms with Crippen molar-refractivity contribution < 1.29 is 5.11 Å². The summed E-state index contributed by atoms with van der Waals surface area (Å²) in [4.78, 5) is 7.96. The molecule has 0 bridgehead atoms. The summed E-state index contributed by atoms with van der Waals surface area (Å²) in [6.45, 7) is 7.37. The minimum Gasteiger partial charge on any atom is -0.391 e. The van der Waals surface area contributed by atoms with E-state index in [0.717, 1.165) is 34.4 Å². The van der Waals surface area contributed by atoms with Crippen molar-refractivity contribution >= 4 is 22.2 Å². The van der Waals surface area contributed by atoms with Gasteiger partial charge in [-0.3, -0.25) is 0 Å². The van der Waals surface area contributed by atoms with E-state index in [4.69, 9.17) is 4.98 Å². The molecule has 20 heavy (non-hydrogen) atoms. The number of nitrogens with zero attached hydrogens (tertiary/aromatic N) is 2. The summed E-state index contributed by atoms with van der Waals surface area (Å²) in [6, 6.07) is 10.3. The first kappa shape index (κ1) is 15.0. The van der Waals surface area contributed by atoms with Gasteiger partial charge in [-0.2, -0.15) is 0 Å². The van der Waals surface area contributed by atoms with Crippen molar-refractivity contribution in [2.24, 2.45) is 0 Å². The van der Waals surface area contributed by atoms with E-state index in [1.165, 1.54) is 0 Å². The lowest BCUT2D eigenvalue weighted by atomic mass is 10.0. The highest BCUT2D eigenvalue weighted by Gasteiger charge is 2.19. The zero-order valence-corrected chi connectivity index (χ0v) is 13.2. The Morgan fingerprint density at radius 1 is 1.25 bits per heavy atom. The van der Waals surface area contributed by atoms with Crippen molar-refractivity contribution in [2.75, 3.05) is 11.4 Å². The summed E-state index contributed by atoms with van der Waals surface area (Å²) in [5.74, 6) is 0.386. The number of aromatic nitrogens is 1. The smallest absolute Gasteiger partial charge is 0.190 e. The maximum absolute atomic E-state index is 9.55. The van der Waals surface area contributed by atoms with Gasteiger partial charge in [0.15, 0.2) is 5.13 Å². The van der Waals surface area contributed by atoms with Crippen LogP contribution in [0.25, 0.3) is 0 Å². The molecular weight excluding hydrogens is 268 g/mol. The zero-order valence-electron chi connectivity index (χ0n) is 12.3. The Morgan fingerprint density at radius 2 is 1.95 bits per heavy atom. The lowest BCUT2D eigenvalue weighted by molar-refractivity contribution is 0.283. The third-order valence-corrected chi connectivity index (χ3v) is 4.63. The van der Waals surface area contributed by atoms with Crippen LogP contribution in [0.3, 0.4) is 0 Å². The fourth-order valence-electron chi connectivity index (χ4n) is 2.19. The molecule has 0 spiro atoms. The van der Waals surface area contributed by atoms with Crippen molar-refractivity contribution in [1.29, 1.82) is 0 Å². The maximum atomic E-state index is 9.55. The van der Waals surface area contributed by atoms with Gasteiger partial charge in [0.25, 0.3) is 0 Å². The first-order chi connectivity index (χ1) is 9.71. The molecule has 0 saturated heterocycles. The minimum atomic E-state index is 0.0731. The molecular formula is C16H22N2OS. The van der Waals surface area contributed by atoms with Crippen molar-refractivity contribution in [2.45, 2.75) is 39.7 Å². The summed E-state index contributed by atoms with van der Waals surface area (Å²) in [5, 5.41) is 10.5. The van der Waals surface area contributed by atoms with E-state index >= 15 is 0 Å². The largest absolute Gasteiger partial charge is 0.391 e. The summed E-state index contributed by atoms with van der Waals surface area (Å²) < 4.78 is 0. The highest BCUT2D eigenvalue weighted by atomic mass is 32.1. The third kappa shape index (κ3) is 3.02. The molecule has 3 nitrogen and oxygen atoms in total. The second kappa shape index (κ2) is 6.86. The number of para-hydroxylation sites is 1. The van der Waals surface area contributed by atoms with Crippen LogP contribution in [0.15, 0.2) is 30.3 Å². The summed E-state index contributed by atoms with van der Waals surface area (Å²) in [7, 11) is 0. The van der Waals surface area contributed by atoms with Crippen molar-refractivity contribution in [3.63, 3.8) is 0 Å². The summed E-state index contributed by atoms with van der Waals surface area (Å²) >= 11 is 1.60. The first-order valence-corrected chi connectivity index (χ1v) is 7.95. The van der Waals surface area contributed by atoms with Crippen LogP contribution >= 0.6 is 11.3 Å². The van der Waals surface area contributed by atoms with Gasteiger partial charge in [0, 0.05) is 12.2 Å². The molecule has 4 heteroatoms. The van der Waals surface area contributed by atoms with Gasteiger partial charge in [0.05, 0.1) is 17.2 Å². The van der Waals surface area contributed by atoms with E-state index in [2.05, 4.69) is 37.8 Å². The fraction of sp³-hybridized carbons (Fsp3) is 0.438. The van der Waals surface area contributed by atoms with Gasteiger partial charge < -0.3 is 10.0 Å². The molecule has 1 atom stereocenters. The maximum Gasteiger partial charge on any atom is 0.190 e. The predicted octanol–water partition coefficient (Wildman–Crippen LogP) is 4.31. The molecule has 0 aliphatic rings. The number of hydrogen-bond acceptors (Lipinski definition) is 4. The van der Waals surface area contributed by atoms with Gasteiger partial charge in [-0.05, 0) is 31.4 Å². The Hall–Kier alpha value is -1.39. The average molecular weight is 290 g/mol. The molecule has 1 aromatic heterocycles. The Morgan fingerprint density at radius 3 is 2.50 bits per heavy atom. The summed E-state index contributed by atoms with van der Waals surface area (Å²) in [6.07, 6.45) is 1.04. The molecule has 1 heterocycles. The second-order valence-electron chi connectivity index (χ2n) is 4.85. The number of rotatable bonds is 6. The molecule has 0 aliphatic carbocycles. The molecule has 1 N–H and O–H groups in total. The molecule has 0 aliphatic heterocycles. The SMILES string of the molecule is CCC(C)c1nc(N(CC)c2ccccc2)sc1CO. The second-order valence-corrected chi connectivity index (χ2v) is 5.91. The van der Waals surface area contributed by atoms with E-state index in [9.17, 15) is 5.11 Å². The van der Waals surface area contributed by atoms with E-state index < -0.39 is 0 Å². The molecule has 0 saturated carbocycles. The number of aliphatic hydroxyl groups is 1. The minimum absolute atomic E-state index is 0.0731. The van der Waals surface area contributed by atoms with E-state index in [0.29, 0.717) is 5.92 Å². The van der Waals surface area contributed by atoms with Gasteiger partial charge in [-0.1, -0.05) is 43.4 Å². The van der Waals surface area contributed by atoms with Gasteiger partial charge in [-0.25, -0.2) is 4.98 Å². The van der Waals surface area contributed by atoms with Crippen LogP contribution in [0.2, 0.25) is 0 Å². The van der Waals surface area contributed by atoms with Crippen molar-refractivity contribution in [3.8, 4) is 0 Å².